The van der Waals surface area contributed by atoms with Gasteiger partial charge in [-0.25, -0.2) is 0 Å². The summed E-state index contributed by atoms with van der Waals surface area (Å²) in [5.41, 5.74) is 3.58. The van der Waals surface area contributed by atoms with Gasteiger partial charge in [0, 0.05) is 18.9 Å². The van der Waals surface area contributed by atoms with Crippen molar-refractivity contribution in [2.24, 2.45) is 0 Å². The molecule has 0 aromatic carbocycles. The standard InChI is InChI=1S/C14H19BrN4/c1-4-7-19-14(12(15)9-18-19)13(16-3)11-5-6-17-8-10(11)2/h5-6,8-9,13,16H,4,7H2,1-3H3. The van der Waals surface area contributed by atoms with E-state index in [2.05, 4.69) is 55.9 Å². The summed E-state index contributed by atoms with van der Waals surface area (Å²) in [4.78, 5) is 4.16. The fourth-order valence-corrected chi connectivity index (χ4v) is 2.82. The van der Waals surface area contributed by atoms with Gasteiger partial charge in [-0.1, -0.05) is 6.92 Å². The molecule has 0 aliphatic heterocycles. The summed E-state index contributed by atoms with van der Waals surface area (Å²) in [5.74, 6) is 0. The second-order valence-corrected chi connectivity index (χ2v) is 5.41. The molecule has 102 valence electrons. The van der Waals surface area contributed by atoms with Crippen LogP contribution in [0.1, 0.15) is 36.2 Å². The van der Waals surface area contributed by atoms with Gasteiger partial charge >= 0.3 is 0 Å². The van der Waals surface area contributed by atoms with Crippen molar-refractivity contribution in [1.29, 1.82) is 0 Å². The molecule has 2 aromatic heterocycles. The average molecular weight is 323 g/mol. The van der Waals surface area contributed by atoms with E-state index in [1.54, 1.807) is 0 Å². The van der Waals surface area contributed by atoms with Gasteiger partial charge in [-0.2, -0.15) is 5.10 Å². The van der Waals surface area contributed by atoms with Crippen molar-refractivity contribution >= 4 is 15.9 Å². The molecule has 0 aliphatic carbocycles. The first-order valence-electron chi connectivity index (χ1n) is 6.48. The lowest BCUT2D eigenvalue weighted by Crippen LogP contribution is -2.23. The van der Waals surface area contributed by atoms with Crippen LogP contribution in [0.2, 0.25) is 0 Å². The van der Waals surface area contributed by atoms with Gasteiger partial charge in [0.15, 0.2) is 0 Å². The van der Waals surface area contributed by atoms with Crippen LogP contribution in [0.5, 0.6) is 0 Å². The molecule has 19 heavy (non-hydrogen) atoms. The van der Waals surface area contributed by atoms with E-state index in [0.29, 0.717) is 0 Å². The Morgan fingerprint density at radius 3 is 2.84 bits per heavy atom. The van der Waals surface area contributed by atoms with E-state index in [1.807, 2.05) is 25.6 Å². The fraction of sp³-hybridized carbons (Fsp3) is 0.429. The van der Waals surface area contributed by atoms with E-state index in [4.69, 9.17) is 0 Å². The van der Waals surface area contributed by atoms with Crippen molar-refractivity contribution in [1.82, 2.24) is 20.1 Å². The summed E-state index contributed by atoms with van der Waals surface area (Å²) >= 11 is 3.61. The number of hydrogen-bond acceptors (Lipinski definition) is 3. The van der Waals surface area contributed by atoms with Gasteiger partial charge in [0.05, 0.1) is 22.4 Å². The lowest BCUT2D eigenvalue weighted by Gasteiger charge is -2.20. The molecule has 0 radical (unpaired) electrons. The van der Waals surface area contributed by atoms with Gasteiger partial charge in [-0.05, 0) is 53.5 Å². The van der Waals surface area contributed by atoms with Crippen LogP contribution >= 0.6 is 15.9 Å². The predicted molar refractivity (Wildman–Crippen MR) is 80.1 cm³/mol. The minimum Gasteiger partial charge on any atom is -0.308 e. The highest BCUT2D eigenvalue weighted by Crippen LogP contribution is 2.29. The molecule has 0 aliphatic rings. The Labute approximate surface area is 122 Å². The van der Waals surface area contributed by atoms with Crippen LogP contribution in [0.4, 0.5) is 0 Å². The highest BCUT2D eigenvalue weighted by Gasteiger charge is 2.21. The minimum absolute atomic E-state index is 0.117. The molecule has 0 saturated heterocycles. The zero-order valence-electron chi connectivity index (χ0n) is 11.5. The Hall–Kier alpha value is -1.20. The lowest BCUT2D eigenvalue weighted by molar-refractivity contribution is 0.532. The SMILES string of the molecule is CCCn1ncc(Br)c1C(NC)c1ccncc1C. The van der Waals surface area contributed by atoms with Crippen LogP contribution in [0.15, 0.2) is 29.1 Å². The predicted octanol–water partition coefficient (Wildman–Crippen LogP) is 3.07. The maximum atomic E-state index is 4.44. The molecule has 0 saturated carbocycles. The van der Waals surface area contributed by atoms with Crippen molar-refractivity contribution in [2.45, 2.75) is 32.9 Å². The molecule has 0 amide bonds. The van der Waals surface area contributed by atoms with Crippen LogP contribution in [0.25, 0.3) is 0 Å². The first kappa shape index (κ1) is 14.2. The summed E-state index contributed by atoms with van der Waals surface area (Å²) in [6.07, 6.45) is 6.66. The second-order valence-electron chi connectivity index (χ2n) is 4.55. The summed E-state index contributed by atoms with van der Waals surface area (Å²) in [5, 5.41) is 7.83. The molecular weight excluding hydrogens is 304 g/mol. The van der Waals surface area contributed by atoms with E-state index in [0.717, 1.165) is 17.4 Å². The third kappa shape index (κ3) is 2.87. The zero-order chi connectivity index (χ0) is 13.8. The molecule has 2 heterocycles. The van der Waals surface area contributed by atoms with E-state index in [1.165, 1.54) is 16.8 Å². The minimum atomic E-state index is 0.117. The molecule has 1 N–H and O–H groups in total. The first-order valence-corrected chi connectivity index (χ1v) is 7.27. The molecule has 1 unspecified atom stereocenters. The van der Waals surface area contributed by atoms with E-state index in [9.17, 15) is 0 Å². The Bertz CT molecular complexity index is 550. The third-order valence-electron chi connectivity index (χ3n) is 3.21. The maximum absolute atomic E-state index is 4.44. The monoisotopic (exact) mass is 322 g/mol. The molecule has 1 atom stereocenters. The second kappa shape index (κ2) is 6.30. The fourth-order valence-electron chi connectivity index (χ4n) is 2.30. The third-order valence-corrected chi connectivity index (χ3v) is 3.82. The normalized spacial score (nSPS) is 12.6. The molecule has 0 bridgehead atoms. The Balaban J connectivity index is 2.48. The summed E-state index contributed by atoms with van der Waals surface area (Å²) in [6.45, 7) is 5.16. The van der Waals surface area contributed by atoms with Crippen molar-refractivity contribution in [2.75, 3.05) is 7.05 Å². The number of aryl methyl sites for hydroxylation is 2. The van der Waals surface area contributed by atoms with Crippen molar-refractivity contribution in [3.05, 3.63) is 46.0 Å². The van der Waals surface area contributed by atoms with Crippen LogP contribution in [-0.4, -0.2) is 21.8 Å². The van der Waals surface area contributed by atoms with E-state index in [-0.39, 0.29) is 6.04 Å². The molecule has 2 aromatic rings. The number of halogens is 1. The molecule has 4 nitrogen and oxygen atoms in total. The molecular formula is C14H19BrN4. The van der Waals surface area contributed by atoms with Crippen molar-refractivity contribution < 1.29 is 0 Å². The first-order chi connectivity index (χ1) is 9.19. The Morgan fingerprint density at radius 1 is 1.42 bits per heavy atom. The zero-order valence-corrected chi connectivity index (χ0v) is 13.1. The van der Waals surface area contributed by atoms with Crippen LogP contribution in [-0.2, 0) is 6.54 Å². The van der Waals surface area contributed by atoms with Gasteiger partial charge in [0.25, 0.3) is 0 Å². The number of nitrogens with zero attached hydrogens (tertiary/aromatic N) is 3. The largest absolute Gasteiger partial charge is 0.308 e. The number of pyridine rings is 1. The molecule has 2 rings (SSSR count). The van der Waals surface area contributed by atoms with Crippen molar-refractivity contribution in [3.63, 3.8) is 0 Å². The smallest absolute Gasteiger partial charge is 0.0761 e. The molecule has 5 heteroatoms. The van der Waals surface area contributed by atoms with Gasteiger partial charge in [0.2, 0.25) is 0 Å². The number of aromatic nitrogens is 3. The Kier molecular flexibility index (Phi) is 4.71. The van der Waals surface area contributed by atoms with Gasteiger partial charge in [0.1, 0.15) is 0 Å². The maximum Gasteiger partial charge on any atom is 0.0761 e. The van der Waals surface area contributed by atoms with Crippen LogP contribution in [0, 0.1) is 6.92 Å². The Morgan fingerprint density at radius 2 is 2.21 bits per heavy atom. The molecule has 0 fully saturated rings. The van der Waals surface area contributed by atoms with Gasteiger partial charge in [-0.15, -0.1) is 0 Å². The topological polar surface area (TPSA) is 42.7 Å². The van der Waals surface area contributed by atoms with Crippen LogP contribution in [0.3, 0.4) is 0 Å². The van der Waals surface area contributed by atoms with Crippen LogP contribution < -0.4 is 5.32 Å². The van der Waals surface area contributed by atoms with Gasteiger partial charge in [-0.3, -0.25) is 9.67 Å². The molecule has 0 spiro atoms. The summed E-state index contributed by atoms with van der Waals surface area (Å²) < 4.78 is 3.10. The summed E-state index contributed by atoms with van der Waals surface area (Å²) in [7, 11) is 1.97. The highest BCUT2D eigenvalue weighted by atomic mass is 79.9. The highest BCUT2D eigenvalue weighted by molar-refractivity contribution is 9.10. The van der Waals surface area contributed by atoms with E-state index >= 15 is 0 Å². The van der Waals surface area contributed by atoms with Gasteiger partial charge < -0.3 is 5.32 Å². The number of nitrogens with one attached hydrogen (secondary N) is 1. The summed E-state index contributed by atoms with van der Waals surface area (Å²) in [6, 6.07) is 2.18. The average Bonchev–Trinajstić information content (AvgIpc) is 2.75. The van der Waals surface area contributed by atoms with Crippen molar-refractivity contribution in [3.8, 4) is 0 Å². The number of rotatable bonds is 5. The quantitative estimate of drug-likeness (QED) is 0.919. The lowest BCUT2D eigenvalue weighted by atomic mass is 10.0. The number of hydrogen-bond donors (Lipinski definition) is 1. The van der Waals surface area contributed by atoms with E-state index < -0.39 is 0 Å².